The molecular weight excluding hydrogens is 576 g/mol. The molecule has 0 aromatic rings. The molecule has 2 N–H and O–H groups in total. The minimum atomic E-state index is -4.67. The first-order valence-corrected chi connectivity index (χ1v) is 20.0. The molecule has 0 unspecified atom stereocenters. The minimum absolute atomic E-state index is 0.753. The van der Waals surface area contributed by atoms with Crippen molar-refractivity contribution in [3.05, 3.63) is 0 Å². The van der Waals surface area contributed by atoms with Crippen molar-refractivity contribution in [2.45, 2.75) is 205 Å². The lowest BCUT2D eigenvalue weighted by molar-refractivity contribution is -0.108. The second kappa shape index (κ2) is 40.2. The molecule has 0 heterocycles. The van der Waals surface area contributed by atoms with Crippen LogP contribution >= 0.6 is 0 Å². The lowest BCUT2D eigenvalue weighted by Crippen LogP contribution is -1.97. The summed E-state index contributed by atoms with van der Waals surface area (Å²) >= 11 is 0. The Kier molecular flexibility index (Phi) is 41.4. The van der Waals surface area contributed by atoms with Gasteiger partial charge in [0.2, 0.25) is 0 Å². The summed E-state index contributed by atoms with van der Waals surface area (Å²) < 4.78 is 37.4. The average Bonchev–Trinajstić information content (AvgIpc) is 2.98. The topological polar surface area (TPSA) is 118 Å². The van der Waals surface area contributed by atoms with E-state index >= 15 is 0 Å². The van der Waals surface area contributed by atoms with Crippen LogP contribution < -0.4 is 0 Å². The molecule has 0 fully saturated rings. The molecule has 0 saturated carbocycles. The number of ether oxygens (including phenoxy) is 1. The Morgan fingerprint density at radius 1 is 0.341 bits per heavy atom. The molecule has 0 spiro atoms. The van der Waals surface area contributed by atoms with Crippen LogP contribution in [0.4, 0.5) is 0 Å². The molecule has 0 atom stereocenters. The van der Waals surface area contributed by atoms with Gasteiger partial charge in [-0.3, -0.25) is 9.11 Å². The lowest BCUT2D eigenvalue weighted by atomic mass is 10.0. The standard InChI is InChI=1S/C36H70O3.H2O4S/c37-33-29-25-21-17-13-9-5-1-3-7-11-15-19-23-27-31-35-39-36-32-28-24-20-16-12-8-4-2-6-10-14-18-22-26-30-34-38;1-5(2,3)4/h33-34H,1-32,35-36H2;(H2,1,2,3,4). The molecule has 8 heteroatoms. The highest BCUT2D eigenvalue weighted by molar-refractivity contribution is 7.79. The summed E-state index contributed by atoms with van der Waals surface area (Å²) in [6.07, 6.45) is 44.2. The van der Waals surface area contributed by atoms with Crippen LogP contribution in [0.2, 0.25) is 0 Å². The molecule has 0 bridgehead atoms. The lowest BCUT2D eigenvalue weighted by Gasteiger charge is -2.06. The third-order valence-corrected chi connectivity index (χ3v) is 8.22. The maximum atomic E-state index is 10.3. The van der Waals surface area contributed by atoms with Crippen molar-refractivity contribution in [1.82, 2.24) is 0 Å². The van der Waals surface area contributed by atoms with Gasteiger partial charge in [0, 0.05) is 26.1 Å². The SMILES string of the molecule is O=CCCCCCCCCCCCCCCCCCOCCCCCCCCCCCCCCCCCC=O.O=S(=O)(O)O. The van der Waals surface area contributed by atoms with E-state index in [2.05, 4.69) is 0 Å². The van der Waals surface area contributed by atoms with Crippen molar-refractivity contribution in [2.24, 2.45) is 0 Å². The van der Waals surface area contributed by atoms with Gasteiger partial charge < -0.3 is 14.3 Å². The van der Waals surface area contributed by atoms with Gasteiger partial charge in [-0.05, 0) is 25.7 Å². The largest absolute Gasteiger partial charge is 0.394 e. The van der Waals surface area contributed by atoms with Crippen molar-refractivity contribution in [3.8, 4) is 0 Å². The summed E-state index contributed by atoms with van der Waals surface area (Å²) in [6.45, 7) is 1.94. The normalized spacial score (nSPS) is 11.3. The van der Waals surface area contributed by atoms with E-state index in [-0.39, 0.29) is 0 Å². The van der Waals surface area contributed by atoms with E-state index in [1.54, 1.807) is 0 Å². The van der Waals surface area contributed by atoms with Gasteiger partial charge in [-0.2, -0.15) is 8.42 Å². The smallest absolute Gasteiger partial charge is 0.381 e. The van der Waals surface area contributed by atoms with Crippen molar-refractivity contribution in [3.63, 3.8) is 0 Å². The molecule has 0 aliphatic rings. The third-order valence-electron chi connectivity index (χ3n) is 8.22. The quantitative estimate of drug-likeness (QED) is 0.0394. The summed E-state index contributed by atoms with van der Waals surface area (Å²) in [5.41, 5.74) is 0. The Bertz CT molecular complexity index is 607. The zero-order valence-corrected chi connectivity index (χ0v) is 29.4. The second-order valence-corrected chi connectivity index (χ2v) is 13.5. The van der Waals surface area contributed by atoms with Crippen molar-refractivity contribution < 1.29 is 31.8 Å². The van der Waals surface area contributed by atoms with Crippen LogP contribution in [0.3, 0.4) is 0 Å². The fourth-order valence-corrected chi connectivity index (χ4v) is 5.56. The zero-order valence-electron chi connectivity index (χ0n) is 28.5. The van der Waals surface area contributed by atoms with Crippen molar-refractivity contribution >= 4 is 23.0 Å². The summed E-state index contributed by atoms with van der Waals surface area (Å²) in [5, 5.41) is 0. The Hall–Kier alpha value is -0.830. The van der Waals surface area contributed by atoms with Crippen LogP contribution in [-0.4, -0.2) is 43.3 Å². The van der Waals surface area contributed by atoms with Crippen LogP contribution in [-0.2, 0) is 24.7 Å². The van der Waals surface area contributed by atoms with Gasteiger partial charge in [0.1, 0.15) is 12.6 Å². The molecule has 0 radical (unpaired) electrons. The van der Waals surface area contributed by atoms with Gasteiger partial charge in [-0.15, -0.1) is 0 Å². The van der Waals surface area contributed by atoms with Gasteiger partial charge in [-0.1, -0.05) is 167 Å². The maximum absolute atomic E-state index is 10.3. The highest BCUT2D eigenvalue weighted by Gasteiger charge is 1.97. The predicted octanol–water partition coefficient (Wildman–Crippen LogP) is 11.2. The molecule has 0 aromatic heterocycles. The van der Waals surface area contributed by atoms with Crippen LogP contribution in [0.5, 0.6) is 0 Å². The van der Waals surface area contributed by atoms with E-state index in [1.165, 1.54) is 180 Å². The number of hydrogen-bond donors (Lipinski definition) is 2. The molecule has 44 heavy (non-hydrogen) atoms. The molecule has 0 aliphatic carbocycles. The monoisotopic (exact) mass is 648 g/mol. The van der Waals surface area contributed by atoms with E-state index in [0.29, 0.717) is 0 Å². The molecule has 0 aliphatic heterocycles. The maximum Gasteiger partial charge on any atom is 0.394 e. The predicted molar refractivity (Wildman–Crippen MR) is 185 cm³/mol. The first kappa shape index (κ1) is 45.3. The summed E-state index contributed by atoms with van der Waals surface area (Å²) in [7, 11) is -4.67. The summed E-state index contributed by atoms with van der Waals surface area (Å²) in [6, 6.07) is 0. The van der Waals surface area contributed by atoms with Gasteiger partial charge >= 0.3 is 10.4 Å². The van der Waals surface area contributed by atoms with Crippen molar-refractivity contribution in [1.29, 1.82) is 0 Å². The second-order valence-electron chi connectivity index (χ2n) is 12.6. The molecule has 0 aromatic carbocycles. The van der Waals surface area contributed by atoms with E-state index in [4.69, 9.17) is 22.3 Å². The Morgan fingerprint density at radius 3 is 0.682 bits per heavy atom. The van der Waals surface area contributed by atoms with Crippen LogP contribution in [0.1, 0.15) is 205 Å². The Morgan fingerprint density at radius 2 is 0.500 bits per heavy atom. The molecular formula is C36H72O7S. The number of carbonyl (C=O) groups is 2. The average molecular weight is 649 g/mol. The highest BCUT2D eigenvalue weighted by Crippen LogP contribution is 2.15. The Balaban J connectivity index is 0. The summed E-state index contributed by atoms with van der Waals surface area (Å²) in [5.74, 6) is 0. The number of aldehydes is 2. The van der Waals surface area contributed by atoms with Gasteiger partial charge in [0.05, 0.1) is 0 Å². The van der Waals surface area contributed by atoms with E-state index in [1.807, 2.05) is 0 Å². The van der Waals surface area contributed by atoms with Crippen molar-refractivity contribution in [2.75, 3.05) is 13.2 Å². The van der Waals surface area contributed by atoms with Crippen LogP contribution in [0.25, 0.3) is 0 Å². The molecule has 7 nitrogen and oxygen atoms in total. The van der Waals surface area contributed by atoms with Gasteiger partial charge in [0.25, 0.3) is 0 Å². The van der Waals surface area contributed by atoms with Gasteiger partial charge in [-0.25, -0.2) is 0 Å². The highest BCUT2D eigenvalue weighted by atomic mass is 32.3. The zero-order chi connectivity index (χ0) is 32.7. The van der Waals surface area contributed by atoms with Crippen LogP contribution in [0, 0.1) is 0 Å². The van der Waals surface area contributed by atoms with E-state index in [0.717, 1.165) is 51.5 Å². The fourth-order valence-electron chi connectivity index (χ4n) is 5.56. The third kappa shape index (κ3) is 53.7. The first-order valence-electron chi connectivity index (χ1n) is 18.6. The molecule has 0 amide bonds. The number of unbranched alkanes of at least 4 members (excludes halogenated alkanes) is 30. The van der Waals surface area contributed by atoms with Gasteiger partial charge in [0.15, 0.2) is 0 Å². The van der Waals surface area contributed by atoms with E-state index in [9.17, 15) is 9.59 Å². The molecule has 0 rings (SSSR count). The fraction of sp³-hybridized carbons (Fsp3) is 0.944. The van der Waals surface area contributed by atoms with Crippen LogP contribution in [0.15, 0.2) is 0 Å². The molecule has 0 saturated heterocycles. The number of hydrogen-bond acceptors (Lipinski definition) is 5. The molecule has 264 valence electrons. The van der Waals surface area contributed by atoms with E-state index < -0.39 is 10.4 Å². The first-order chi connectivity index (χ1) is 21.4. The summed E-state index contributed by atoms with van der Waals surface area (Å²) in [4.78, 5) is 20.5. The Labute approximate surface area is 273 Å². The number of carbonyl (C=O) groups excluding carboxylic acids is 2. The minimum Gasteiger partial charge on any atom is -0.381 e. The number of rotatable bonds is 36.